The van der Waals surface area contributed by atoms with Crippen LogP contribution < -0.4 is 10.2 Å². The van der Waals surface area contributed by atoms with Gasteiger partial charge >= 0.3 is 0 Å². The Hall–Kier alpha value is -1.36. The molecule has 1 aromatic rings. The minimum absolute atomic E-state index is 0.0531. The second-order valence-electron chi connectivity index (χ2n) is 4.33. The molecule has 1 aliphatic heterocycles. The Bertz CT molecular complexity index is 490. The predicted molar refractivity (Wildman–Crippen MR) is 73.3 cm³/mol. The van der Waals surface area contributed by atoms with Crippen LogP contribution in [0.4, 0.5) is 5.69 Å². The molecule has 0 spiro atoms. The molecule has 0 aliphatic carbocycles. The van der Waals surface area contributed by atoms with E-state index in [1.807, 2.05) is 31.2 Å². The third kappa shape index (κ3) is 2.27. The average Bonchev–Trinajstić information content (AvgIpc) is 2.34. The van der Waals surface area contributed by atoms with Crippen molar-refractivity contribution in [2.75, 3.05) is 4.90 Å². The maximum absolute atomic E-state index is 12.3. The first-order chi connectivity index (χ1) is 8.54. The smallest absolute Gasteiger partial charge is 0.250 e. The molecule has 1 N–H and O–H groups in total. The van der Waals surface area contributed by atoms with Gasteiger partial charge in [0.25, 0.3) is 0 Å². The first-order valence-corrected chi connectivity index (χ1v) is 6.73. The van der Waals surface area contributed by atoms with E-state index in [2.05, 4.69) is 21.2 Å². The molecule has 4 nitrogen and oxygen atoms in total. The minimum atomic E-state index is -0.477. The van der Waals surface area contributed by atoms with E-state index in [-0.39, 0.29) is 11.8 Å². The van der Waals surface area contributed by atoms with Gasteiger partial charge in [0.05, 0.1) is 0 Å². The van der Waals surface area contributed by atoms with E-state index in [1.54, 1.807) is 11.8 Å². The van der Waals surface area contributed by atoms with Gasteiger partial charge in [-0.15, -0.1) is 0 Å². The van der Waals surface area contributed by atoms with E-state index in [0.29, 0.717) is 6.42 Å². The van der Waals surface area contributed by atoms with Crippen LogP contribution in [0.15, 0.2) is 28.7 Å². The van der Waals surface area contributed by atoms with Gasteiger partial charge in [0.1, 0.15) is 12.1 Å². The number of piperazine rings is 1. The summed E-state index contributed by atoms with van der Waals surface area (Å²) < 4.78 is 0.888. The SMILES string of the molecule is CCC1NC(=O)C(C)N(c2cccc(Br)c2)C1=O. The van der Waals surface area contributed by atoms with Crippen molar-refractivity contribution in [3.63, 3.8) is 0 Å². The van der Waals surface area contributed by atoms with Gasteiger partial charge in [-0.2, -0.15) is 0 Å². The largest absolute Gasteiger partial charge is 0.343 e. The van der Waals surface area contributed by atoms with Crippen molar-refractivity contribution in [1.82, 2.24) is 5.32 Å². The van der Waals surface area contributed by atoms with E-state index >= 15 is 0 Å². The fourth-order valence-electron chi connectivity index (χ4n) is 2.08. The zero-order valence-electron chi connectivity index (χ0n) is 10.3. The van der Waals surface area contributed by atoms with Crippen molar-refractivity contribution in [1.29, 1.82) is 0 Å². The van der Waals surface area contributed by atoms with Crippen LogP contribution in [0.2, 0.25) is 0 Å². The fourth-order valence-corrected chi connectivity index (χ4v) is 2.47. The van der Waals surface area contributed by atoms with E-state index < -0.39 is 12.1 Å². The van der Waals surface area contributed by atoms with Gasteiger partial charge in [-0.05, 0) is 31.5 Å². The van der Waals surface area contributed by atoms with Crippen molar-refractivity contribution in [3.05, 3.63) is 28.7 Å². The zero-order chi connectivity index (χ0) is 13.3. The molecule has 18 heavy (non-hydrogen) atoms. The Morgan fingerprint density at radius 2 is 2.11 bits per heavy atom. The molecule has 0 saturated carbocycles. The average molecular weight is 311 g/mol. The van der Waals surface area contributed by atoms with E-state index in [9.17, 15) is 9.59 Å². The third-order valence-electron chi connectivity index (χ3n) is 3.11. The molecule has 0 aromatic heterocycles. The monoisotopic (exact) mass is 310 g/mol. The van der Waals surface area contributed by atoms with Gasteiger partial charge in [-0.25, -0.2) is 0 Å². The molecular weight excluding hydrogens is 296 g/mol. The summed E-state index contributed by atoms with van der Waals surface area (Å²) in [6.45, 7) is 3.62. The van der Waals surface area contributed by atoms with Crippen LogP contribution in [0.5, 0.6) is 0 Å². The number of carbonyl (C=O) groups is 2. The zero-order valence-corrected chi connectivity index (χ0v) is 11.9. The van der Waals surface area contributed by atoms with Gasteiger partial charge in [0.2, 0.25) is 11.8 Å². The highest BCUT2D eigenvalue weighted by Crippen LogP contribution is 2.25. The number of hydrogen-bond acceptors (Lipinski definition) is 2. The van der Waals surface area contributed by atoms with Crippen LogP contribution in [0, 0.1) is 0 Å². The highest BCUT2D eigenvalue weighted by atomic mass is 79.9. The van der Waals surface area contributed by atoms with Crippen molar-refractivity contribution in [3.8, 4) is 0 Å². The molecular formula is C13H15BrN2O2. The summed E-state index contributed by atoms with van der Waals surface area (Å²) in [7, 11) is 0. The van der Waals surface area contributed by atoms with Gasteiger partial charge in [0, 0.05) is 10.2 Å². The number of amides is 2. The molecule has 2 atom stereocenters. The molecule has 1 aliphatic rings. The molecule has 1 fully saturated rings. The van der Waals surface area contributed by atoms with Crippen LogP contribution in [0.3, 0.4) is 0 Å². The van der Waals surface area contributed by atoms with Crippen LogP contribution in [-0.4, -0.2) is 23.9 Å². The Labute approximate surface area is 114 Å². The summed E-state index contributed by atoms with van der Waals surface area (Å²) >= 11 is 3.38. The number of hydrogen-bond donors (Lipinski definition) is 1. The van der Waals surface area contributed by atoms with Gasteiger partial charge < -0.3 is 5.32 Å². The number of rotatable bonds is 2. The Kier molecular flexibility index (Phi) is 3.71. The maximum atomic E-state index is 12.3. The molecule has 96 valence electrons. The van der Waals surface area contributed by atoms with Crippen LogP contribution >= 0.6 is 15.9 Å². The normalized spacial score (nSPS) is 24.1. The molecule has 2 unspecified atom stereocenters. The summed E-state index contributed by atoms with van der Waals surface area (Å²) in [4.78, 5) is 25.7. The maximum Gasteiger partial charge on any atom is 0.250 e. The Balaban J connectivity index is 2.39. The number of nitrogens with zero attached hydrogens (tertiary/aromatic N) is 1. The highest BCUT2D eigenvalue weighted by molar-refractivity contribution is 9.10. The van der Waals surface area contributed by atoms with Crippen molar-refractivity contribution in [2.24, 2.45) is 0 Å². The van der Waals surface area contributed by atoms with Gasteiger partial charge in [-0.3, -0.25) is 14.5 Å². The minimum Gasteiger partial charge on any atom is -0.343 e. The molecule has 1 saturated heterocycles. The number of anilines is 1. The predicted octanol–water partition coefficient (Wildman–Crippen LogP) is 2.08. The second-order valence-corrected chi connectivity index (χ2v) is 5.25. The van der Waals surface area contributed by atoms with Gasteiger partial charge in [-0.1, -0.05) is 28.9 Å². The number of nitrogens with one attached hydrogen (secondary N) is 1. The Morgan fingerprint density at radius 1 is 1.39 bits per heavy atom. The first-order valence-electron chi connectivity index (χ1n) is 5.93. The standard InChI is InChI=1S/C13H15BrN2O2/c1-3-11-13(18)16(8(2)12(17)15-11)10-6-4-5-9(14)7-10/h4-8,11H,3H2,1-2H3,(H,15,17). The lowest BCUT2D eigenvalue weighted by Crippen LogP contribution is -2.62. The van der Waals surface area contributed by atoms with E-state index in [0.717, 1.165) is 10.2 Å². The summed E-state index contributed by atoms with van der Waals surface area (Å²) in [5, 5.41) is 2.74. The molecule has 0 bridgehead atoms. The molecule has 2 amide bonds. The van der Waals surface area contributed by atoms with Crippen molar-refractivity contribution >= 4 is 33.4 Å². The van der Waals surface area contributed by atoms with Crippen LogP contribution in [0.25, 0.3) is 0 Å². The fraction of sp³-hybridized carbons (Fsp3) is 0.385. The third-order valence-corrected chi connectivity index (χ3v) is 3.61. The summed E-state index contributed by atoms with van der Waals surface area (Å²) in [5.74, 6) is -0.163. The molecule has 1 aromatic carbocycles. The van der Waals surface area contributed by atoms with Crippen LogP contribution in [0.1, 0.15) is 20.3 Å². The van der Waals surface area contributed by atoms with E-state index in [1.165, 1.54) is 0 Å². The lowest BCUT2D eigenvalue weighted by molar-refractivity contribution is -0.133. The number of carbonyl (C=O) groups excluding carboxylic acids is 2. The van der Waals surface area contributed by atoms with Gasteiger partial charge in [0.15, 0.2) is 0 Å². The number of benzene rings is 1. The van der Waals surface area contributed by atoms with Crippen LogP contribution in [-0.2, 0) is 9.59 Å². The Morgan fingerprint density at radius 3 is 2.72 bits per heavy atom. The number of halogens is 1. The van der Waals surface area contributed by atoms with Crippen molar-refractivity contribution < 1.29 is 9.59 Å². The van der Waals surface area contributed by atoms with E-state index in [4.69, 9.17) is 0 Å². The summed E-state index contributed by atoms with van der Waals surface area (Å²) in [5.41, 5.74) is 0.746. The lowest BCUT2D eigenvalue weighted by atomic mass is 10.1. The second kappa shape index (κ2) is 5.10. The summed E-state index contributed by atoms with van der Waals surface area (Å²) in [6.07, 6.45) is 0.599. The molecule has 5 heteroatoms. The molecule has 2 rings (SSSR count). The first kappa shape index (κ1) is 13.1. The quantitative estimate of drug-likeness (QED) is 0.909. The highest BCUT2D eigenvalue weighted by Gasteiger charge is 2.37. The summed E-state index contributed by atoms with van der Waals surface area (Å²) in [6, 6.07) is 6.53. The lowest BCUT2D eigenvalue weighted by Gasteiger charge is -2.37. The molecule has 1 heterocycles. The topological polar surface area (TPSA) is 49.4 Å². The van der Waals surface area contributed by atoms with Crippen molar-refractivity contribution in [2.45, 2.75) is 32.4 Å². The molecule has 0 radical (unpaired) electrons.